The van der Waals surface area contributed by atoms with Gasteiger partial charge in [-0.2, -0.15) is 0 Å². The first-order valence-corrected chi connectivity index (χ1v) is 25.3. The van der Waals surface area contributed by atoms with Crippen LogP contribution in [0.25, 0.3) is 0 Å². The number of esters is 2. The number of carboxylic acid groups (broad SMARTS) is 2. The Bertz CT molecular complexity index is 1370. The van der Waals surface area contributed by atoms with Crippen LogP contribution in [-0.4, -0.2) is 68.8 Å². The number of aliphatic carboxylic acids is 2. The van der Waals surface area contributed by atoms with Crippen molar-refractivity contribution in [2.45, 2.75) is 157 Å². The van der Waals surface area contributed by atoms with Gasteiger partial charge in [0.25, 0.3) is 0 Å². The molecule has 3 saturated carbocycles. The molecule has 4 rings (SSSR count). The Morgan fingerprint density at radius 3 is 1.93 bits per heavy atom. The second-order valence-electron chi connectivity index (χ2n) is 18.4. The molecule has 0 radical (unpaired) electrons. The van der Waals surface area contributed by atoms with Crippen LogP contribution in [0.2, 0.25) is 0 Å². The molecule has 3 fully saturated rings. The normalized spacial score (nSPS) is 32.0. The van der Waals surface area contributed by atoms with E-state index in [2.05, 4.69) is 47.6 Å². The summed E-state index contributed by atoms with van der Waals surface area (Å²) in [5.41, 5.74) is 1.48. The minimum absolute atomic E-state index is 0.112. The minimum Gasteiger partial charge on any atom is -0.481 e. The highest BCUT2D eigenvalue weighted by Crippen LogP contribution is 2.73. The van der Waals surface area contributed by atoms with Crippen LogP contribution in [0.1, 0.15) is 145 Å². The predicted molar refractivity (Wildman–Crippen MR) is 226 cm³/mol. The number of hydrogen-bond acceptors (Lipinski definition) is 10. The summed E-state index contributed by atoms with van der Waals surface area (Å²) in [7, 11) is 6.08. The Labute approximate surface area is 341 Å². The second kappa shape index (κ2) is 19.2. The first kappa shape index (κ1) is 45.7. The quantitative estimate of drug-likeness (QED) is 0.0495. The van der Waals surface area contributed by atoms with Crippen LogP contribution < -0.4 is 0 Å². The molecule has 0 aliphatic heterocycles. The molecule has 4 aliphatic rings. The number of hydrogen-bond donors (Lipinski definition) is 2. The maximum atomic E-state index is 12.9. The van der Waals surface area contributed by atoms with E-state index in [1.165, 1.54) is 63.6 Å². The molecule has 0 bridgehead atoms. The molecule has 308 valence electrons. The summed E-state index contributed by atoms with van der Waals surface area (Å²) >= 11 is 0. The monoisotopic (exact) mass is 828 g/mol. The summed E-state index contributed by atoms with van der Waals surface area (Å²) in [6, 6.07) is 0. The average molecular weight is 829 g/mol. The van der Waals surface area contributed by atoms with E-state index in [9.17, 15) is 19.2 Å². The number of allylic oxidation sites excluding steroid dienone is 1. The van der Waals surface area contributed by atoms with Crippen LogP contribution in [0.15, 0.2) is 11.6 Å². The van der Waals surface area contributed by atoms with Crippen LogP contribution in [0, 0.1) is 45.3 Å². The molecule has 0 amide bonds. The molecule has 0 saturated heterocycles. The van der Waals surface area contributed by atoms with E-state index in [0.29, 0.717) is 64.9 Å². The lowest BCUT2D eigenvalue weighted by atomic mass is 9.40. The standard InChI is InChI=1S/C42H68O8S4/c1-28(10-9-20-38(2,3)50-37(48)19-27-54-52-25-17-35(45)46)29-13-22-42(8)31-11-12-32-39(4,5)33(49-36(47)18-26-53-51-24-16-34(43)44)15-21-40(32,6)30(31)14-23-41(29,42)7/h12,28-31,33H,9-11,13-27H2,1-8H3,(H,43,44)(H,45,46)/t28-,29-,30?,31?,33?,40-,41-,42+/m1/s1. The predicted octanol–water partition coefficient (Wildman–Crippen LogP) is 11.1. The smallest absolute Gasteiger partial charge is 0.307 e. The molecular formula is C42H68O8S4. The number of ether oxygens (including phenoxy) is 2. The van der Waals surface area contributed by atoms with Crippen molar-refractivity contribution < 1.29 is 38.9 Å². The average Bonchev–Trinajstić information content (AvgIpc) is 3.36. The highest BCUT2D eigenvalue weighted by atomic mass is 33.1. The van der Waals surface area contributed by atoms with Gasteiger partial charge in [-0.15, -0.1) is 0 Å². The zero-order chi connectivity index (χ0) is 40.0. The summed E-state index contributed by atoms with van der Waals surface area (Å²) in [6.45, 7) is 18.9. The Balaban J connectivity index is 1.30. The molecule has 0 aromatic heterocycles. The molecule has 8 atom stereocenters. The summed E-state index contributed by atoms with van der Waals surface area (Å²) in [5.74, 6) is 3.00. The number of carbonyl (C=O) groups excluding carboxylic acids is 2. The van der Waals surface area contributed by atoms with Gasteiger partial charge in [0.15, 0.2) is 0 Å². The Kier molecular flexibility index (Phi) is 16.2. The highest BCUT2D eigenvalue weighted by Gasteiger charge is 2.66. The number of carboxylic acids is 2. The van der Waals surface area contributed by atoms with Gasteiger partial charge in [-0.05, 0) is 112 Å². The minimum atomic E-state index is -0.797. The van der Waals surface area contributed by atoms with Crippen molar-refractivity contribution in [3.05, 3.63) is 11.6 Å². The van der Waals surface area contributed by atoms with E-state index in [1.54, 1.807) is 10.8 Å². The van der Waals surface area contributed by atoms with E-state index >= 15 is 0 Å². The van der Waals surface area contributed by atoms with Crippen LogP contribution in [0.4, 0.5) is 0 Å². The summed E-state index contributed by atoms with van der Waals surface area (Å²) in [5, 5.41) is 17.6. The lowest BCUT2D eigenvalue weighted by Gasteiger charge is -2.64. The van der Waals surface area contributed by atoms with Gasteiger partial charge >= 0.3 is 23.9 Å². The lowest BCUT2D eigenvalue weighted by Crippen LogP contribution is -2.58. The van der Waals surface area contributed by atoms with E-state index < -0.39 is 17.5 Å². The second-order valence-corrected chi connectivity index (χ2v) is 23.8. The molecule has 4 aliphatic carbocycles. The molecule has 0 heterocycles. The van der Waals surface area contributed by atoms with Crippen molar-refractivity contribution in [3.63, 3.8) is 0 Å². The zero-order valence-corrected chi connectivity index (χ0v) is 37.4. The van der Waals surface area contributed by atoms with Crippen LogP contribution >= 0.6 is 43.2 Å². The zero-order valence-electron chi connectivity index (χ0n) is 34.2. The fraction of sp³-hybridized carbons (Fsp3) is 0.857. The SMILES string of the molecule is C[C@H](CCCC(C)(C)OC(=O)CCSSCCC(=O)O)[C@H]1CC[C@@]2(C)C3CC=C4C(C)(C)C(OC(=O)CCSSCCC(=O)O)CC[C@]4(C)C3CC[C@]12C. The fourth-order valence-corrected chi connectivity index (χ4v) is 15.3. The van der Waals surface area contributed by atoms with Gasteiger partial charge in [-0.3, -0.25) is 19.2 Å². The first-order valence-electron chi connectivity index (χ1n) is 20.3. The molecule has 2 N–H and O–H groups in total. The number of carbonyl (C=O) groups is 4. The molecule has 3 unspecified atom stereocenters. The van der Waals surface area contributed by atoms with E-state index in [0.717, 1.165) is 38.5 Å². The van der Waals surface area contributed by atoms with Crippen molar-refractivity contribution in [2.75, 3.05) is 23.0 Å². The third-order valence-electron chi connectivity index (χ3n) is 14.3. The van der Waals surface area contributed by atoms with E-state index in [-0.39, 0.29) is 47.1 Å². The molecule has 54 heavy (non-hydrogen) atoms. The van der Waals surface area contributed by atoms with Gasteiger partial charge in [0, 0.05) is 28.4 Å². The topological polar surface area (TPSA) is 127 Å². The van der Waals surface area contributed by atoms with Crippen molar-refractivity contribution in [1.82, 2.24) is 0 Å². The van der Waals surface area contributed by atoms with Crippen molar-refractivity contribution in [1.29, 1.82) is 0 Å². The molecule has 12 heteroatoms. The summed E-state index contributed by atoms with van der Waals surface area (Å²) < 4.78 is 12.1. The van der Waals surface area contributed by atoms with E-state index in [1.807, 2.05) is 13.8 Å². The fourth-order valence-electron chi connectivity index (χ4n) is 11.4. The van der Waals surface area contributed by atoms with Gasteiger partial charge in [0.05, 0.1) is 25.7 Å². The van der Waals surface area contributed by atoms with E-state index in [4.69, 9.17) is 19.7 Å². The number of rotatable bonds is 21. The summed E-state index contributed by atoms with van der Waals surface area (Å²) in [4.78, 5) is 46.9. The highest BCUT2D eigenvalue weighted by molar-refractivity contribution is 8.77. The third kappa shape index (κ3) is 10.7. The van der Waals surface area contributed by atoms with Crippen LogP contribution in [-0.2, 0) is 28.7 Å². The largest absolute Gasteiger partial charge is 0.481 e. The van der Waals surface area contributed by atoms with Crippen molar-refractivity contribution in [2.24, 2.45) is 45.3 Å². The van der Waals surface area contributed by atoms with Crippen LogP contribution in [0.5, 0.6) is 0 Å². The summed E-state index contributed by atoms with van der Waals surface area (Å²) in [6.07, 6.45) is 14.6. The van der Waals surface area contributed by atoms with Crippen molar-refractivity contribution in [3.8, 4) is 0 Å². The lowest BCUT2D eigenvalue weighted by molar-refractivity contribution is -0.162. The molecule has 0 spiro atoms. The Morgan fingerprint density at radius 1 is 0.778 bits per heavy atom. The van der Waals surface area contributed by atoms with Gasteiger partial charge in [0.2, 0.25) is 0 Å². The van der Waals surface area contributed by atoms with Gasteiger partial charge in [-0.1, -0.05) is 103 Å². The third-order valence-corrected chi connectivity index (χ3v) is 19.2. The van der Waals surface area contributed by atoms with Crippen molar-refractivity contribution >= 4 is 67.1 Å². The van der Waals surface area contributed by atoms with Crippen LogP contribution in [0.3, 0.4) is 0 Å². The molecule has 8 nitrogen and oxygen atoms in total. The molecular weight excluding hydrogens is 761 g/mol. The Morgan fingerprint density at radius 2 is 1.33 bits per heavy atom. The molecule has 0 aromatic rings. The molecule has 0 aromatic carbocycles. The first-order chi connectivity index (χ1) is 25.3. The maximum absolute atomic E-state index is 12.9. The van der Waals surface area contributed by atoms with Gasteiger partial charge in [-0.25, -0.2) is 0 Å². The maximum Gasteiger partial charge on any atom is 0.307 e. The van der Waals surface area contributed by atoms with Gasteiger partial charge < -0.3 is 19.7 Å². The van der Waals surface area contributed by atoms with Gasteiger partial charge in [0.1, 0.15) is 11.7 Å². The number of fused-ring (bicyclic) bond motifs is 5. The Hall–Kier alpha value is -0.980.